The van der Waals surface area contributed by atoms with Crippen LogP contribution in [-0.4, -0.2) is 12.2 Å². The van der Waals surface area contributed by atoms with Crippen molar-refractivity contribution in [2.45, 2.75) is 90.9 Å². The van der Waals surface area contributed by atoms with Gasteiger partial charge in [0.15, 0.2) is 0 Å². The first-order valence-corrected chi connectivity index (χ1v) is 10.9. The summed E-state index contributed by atoms with van der Waals surface area (Å²) in [6.45, 7) is 4.34. The van der Waals surface area contributed by atoms with Gasteiger partial charge >= 0.3 is 5.97 Å². The van der Waals surface area contributed by atoms with Crippen molar-refractivity contribution in [1.82, 2.24) is 5.43 Å². The molecule has 1 heterocycles. The number of hydrogen-bond donors (Lipinski definition) is 0. The Labute approximate surface area is 170 Å². The molecule has 4 heteroatoms. The third-order valence-electron chi connectivity index (χ3n) is 5.10. The van der Waals surface area contributed by atoms with Gasteiger partial charge in [-0.3, -0.25) is 4.79 Å². The molecule has 28 heavy (non-hydrogen) atoms. The van der Waals surface area contributed by atoms with Crippen molar-refractivity contribution < 1.29 is 9.53 Å². The van der Waals surface area contributed by atoms with Crippen molar-refractivity contribution in [3.8, 4) is 5.75 Å². The van der Waals surface area contributed by atoms with E-state index < -0.39 is 0 Å². The number of carbonyl (C=O) groups is 1. The van der Waals surface area contributed by atoms with Crippen LogP contribution in [0, 0.1) is 6.92 Å². The zero-order valence-electron chi connectivity index (χ0n) is 17.6. The molecule has 0 saturated carbocycles. The first kappa shape index (κ1) is 22.2. The summed E-state index contributed by atoms with van der Waals surface area (Å²) in [5.41, 5.74) is 7.24. The number of aryl methyl sites for hydroxylation is 2. The molecule has 153 valence electrons. The van der Waals surface area contributed by atoms with Crippen LogP contribution in [0.25, 0.3) is 0 Å². The van der Waals surface area contributed by atoms with Gasteiger partial charge in [0, 0.05) is 6.42 Å². The molecule has 1 aromatic rings. The van der Waals surface area contributed by atoms with Gasteiger partial charge in [-0.2, -0.15) is 10.5 Å². The van der Waals surface area contributed by atoms with Crippen molar-refractivity contribution in [3.05, 3.63) is 41.1 Å². The molecule has 1 aliphatic rings. The van der Waals surface area contributed by atoms with Gasteiger partial charge in [0.2, 0.25) is 0 Å². The number of nitrogens with zero attached hydrogens (tertiary/aromatic N) is 2. The van der Waals surface area contributed by atoms with Crippen LogP contribution >= 0.6 is 0 Å². The number of ether oxygens (including phenoxy) is 1. The highest BCUT2D eigenvalue weighted by molar-refractivity contribution is 5.80. The van der Waals surface area contributed by atoms with Gasteiger partial charge in [-0.1, -0.05) is 69.6 Å². The minimum absolute atomic E-state index is 0.159. The van der Waals surface area contributed by atoms with Gasteiger partial charge in [-0.05, 0) is 49.8 Å². The van der Waals surface area contributed by atoms with Gasteiger partial charge in [-0.25, -0.2) is 0 Å². The molecule has 2 rings (SSSR count). The quantitative estimate of drug-likeness (QED) is 0.217. The maximum atomic E-state index is 12.2. The lowest BCUT2D eigenvalue weighted by Crippen LogP contribution is -2.09. The summed E-state index contributed by atoms with van der Waals surface area (Å²) >= 11 is 0. The highest BCUT2D eigenvalue weighted by Crippen LogP contribution is 2.24. The van der Waals surface area contributed by atoms with Crippen LogP contribution < -0.4 is 10.2 Å². The van der Waals surface area contributed by atoms with Crippen molar-refractivity contribution in [2.24, 2.45) is 5.10 Å². The predicted molar refractivity (Wildman–Crippen MR) is 116 cm³/mol. The SMILES string of the molecule is CCCCCCCCCCc1cc(C)ccc1OC(=O)CCCC1=C[N]N=C1. The molecule has 1 radical (unpaired) electrons. The van der Waals surface area contributed by atoms with E-state index in [-0.39, 0.29) is 5.97 Å². The number of carbonyl (C=O) groups excluding carboxylic acids is 1. The fourth-order valence-corrected chi connectivity index (χ4v) is 3.44. The average molecular weight is 384 g/mol. The van der Waals surface area contributed by atoms with Crippen LogP contribution in [0.2, 0.25) is 0 Å². The number of unbranched alkanes of at least 4 members (excludes halogenated alkanes) is 7. The van der Waals surface area contributed by atoms with Crippen LogP contribution in [0.5, 0.6) is 5.75 Å². The smallest absolute Gasteiger partial charge is 0.311 e. The van der Waals surface area contributed by atoms with E-state index in [1.807, 2.05) is 12.1 Å². The van der Waals surface area contributed by atoms with E-state index in [9.17, 15) is 4.79 Å². The summed E-state index contributed by atoms with van der Waals surface area (Å²) in [7, 11) is 0. The van der Waals surface area contributed by atoms with Gasteiger partial charge in [0.25, 0.3) is 0 Å². The van der Waals surface area contributed by atoms with Crippen LogP contribution in [0.15, 0.2) is 35.1 Å². The van der Waals surface area contributed by atoms with Crippen molar-refractivity contribution in [3.63, 3.8) is 0 Å². The standard InChI is InChI=1S/C24H35N2O2/c1-3-4-5-6-7-8-9-10-13-22-17-20(2)15-16-23(22)28-24(27)14-11-12-21-18-25-26-19-21/h15-19H,3-14H2,1-2H3. The molecule has 0 amide bonds. The number of benzene rings is 1. The van der Waals surface area contributed by atoms with Gasteiger partial charge in [-0.15, -0.1) is 0 Å². The Balaban J connectivity index is 1.71. The lowest BCUT2D eigenvalue weighted by molar-refractivity contribution is -0.134. The summed E-state index contributed by atoms with van der Waals surface area (Å²) in [6, 6.07) is 6.12. The molecule has 0 unspecified atom stereocenters. The molecule has 0 atom stereocenters. The van der Waals surface area contributed by atoms with Crippen molar-refractivity contribution in [1.29, 1.82) is 0 Å². The van der Waals surface area contributed by atoms with Gasteiger partial charge in [0.1, 0.15) is 5.75 Å². The molecular weight excluding hydrogens is 348 g/mol. The first-order chi connectivity index (χ1) is 13.7. The first-order valence-electron chi connectivity index (χ1n) is 10.9. The van der Waals surface area contributed by atoms with E-state index in [1.54, 1.807) is 12.4 Å². The van der Waals surface area contributed by atoms with Gasteiger partial charge in [0.05, 0.1) is 12.4 Å². The highest BCUT2D eigenvalue weighted by atomic mass is 16.5. The van der Waals surface area contributed by atoms with E-state index in [2.05, 4.69) is 30.4 Å². The predicted octanol–water partition coefficient (Wildman–Crippen LogP) is 6.24. The largest absolute Gasteiger partial charge is 0.426 e. The topological polar surface area (TPSA) is 52.8 Å². The maximum absolute atomic E-state index is 12.2. The molecular formula is C24H35N2O2. The second-order valence-corrected chi connectivity index (χ2v) is 7.73. The molecule has 0 bridgehead atoms. The summed E-state index contributed by atoms with van der Waals surface area (Å²) in [5.74, 6) is 0.573. The minimum Gasteiger partial charge on any atom is -0.426 e. The van der Waals surface area contributed by atoms with E-state index in [1.165, 1.54) is 50.5 Å². The third kappa shape index (κ3) is 8.73. The molecule has 0 aromatic heterocycles. The molecule has 0 N–H and O–H groups in total. The molecule has 4 nitrogen and oxygen atoms in total. The number of allylic oxidation sites excluding steroid dienone is 1. The molecule has 0 fully saturated rings. The van der Waals surface area contributed by atoms with Crippen LogP contribution in [0.4, 0.5) is 0 Å². The van der Waals surface area contributed by atoms with Crippen LogP contribution in [0.1, 0.15) is 88.7 Å². The van der Waals surface area contributed by atoms with E-state index >= 15 is 0 Å². The summed E-state index contributed by atoms with van der Waals surface area (Å²) in [6.07, 6.45) is 16.9. The number of esters is 1. The number of rotatable bonds is 14. The summed E-state index contributed by atoms with van der Waals surface area (Å²) < 4.78 is 5.67. The van der Waals surface area contributed by atoms with Crippen molar-refractivity contribution in [2.75, 3.05) is 0 Å². The Hall–Kier alpha value is -2.10. The second kappa shape index (κ2) is 13.1. The fourth-order valence-electron chi connectivity index (χ4n) is 3.44. The third-order valence-corrected chi connectivity index (χ3v) is 5.10. The lowest BCUT2D eigenvalue weighted by atomic mass is 10.0. The Morgan fingerprint density at radius 2 is 1.71 bits per heavy atom. The van der Waals surface area contributed by atoms with Crippen molar-refractivity contribution >= 4 is 12.2 Å². The van der Waals surface area contributed by atoms with E-state index in [4.69, 9.17) is 4.74 Å². The molecule has 1 aliphatic heterocycles. The zero-order valence-corrected chi connectivity index (χ0v) is 17.6. The fraction of sp³-hybridized carbons (Fsp3) is 0.583. The summed E-state index contributed by atoms with van der Waals surface area (Å²) in [5, 5.41) is 3.80. The Bertz CT molecular complexity index is 665. The monoisotopic (exact) mass is 383 g/mol. The zero-order chi connectivity index (χ0) is 20.0. The maximum Gasteiger partial charge on any atom is 0.311 e. The normalized spacial score (nSPS) is 12.7. The molecule has 1 aromatic carbocycles. The Morgan fingerprint density at radius 3 is 2.43 bits per heavy atom. The Kier molecular flexibility index (Phi) is 10.4. The minimum atomic E-state index is -0.159. The summed E-state index contributed by atoms with van der Waals surface area (Å²) in [4.78, 5) is 12.2. The Morgan fingerprint density at radius 1 is 0.964 bits per heavy atom. The number of hydrogen-bond acceptors (Lipinski definition) is 3. The molecule has 0 spiro atoms. The van der Waals surface area contributed by atoms with E-state index in [0.29, 0.717) is 6.42 Å². The van der Waals surface area contributed by atoms with Gasteiger partial charge < -0.3 is 4.74 Å². The highest BCUT2D eigenvalue weighted by Gasteiger charge is 2.11. The van der Waals surface area contributed by atoms with Crippen LogP contribution in [0.3, 0.4) is 0 Å². The molecule has 0 aliphatic carbocycles. The second-order valence-electron chi connectivity index (χ2n) is 7.73. The van der Waals surface area contributed by atoms with E-state index in [0.717, 1.165) is 42.6 Å². The molecule has 0 saturated heterocycles. The average Bonchev–Trinajstić information content (AvgIpc) is 3.19. The lowest BCUT2D eigenvalue weighted by Gasteiger charge is -2.11. The van der Waals surface area contributed by atoms with Crippen LogP contribution in [-0.2, 0) is 11.2 Å².